The summed E-state index contributed by atoms with van der Waals surface area (Å²) in [5.41, 5.74) is 3.24. The molecule has 3 aromatic carbocycles. The lowest BCUT2D eigenvalue weighted by Crippen LogP contribution is -2.32. The maximum absolute atomic E-state index is 13.5. The van der Waals surface area contributed by atoms with Crippen LogP contribution in [0.3, 0.4) is 0 Å². The van der Waals surface area contributed by atoms with Crippen LogP contribution in [-0.4, -0.2) is 26.0 Å². The molecule has 0 bridgehead atoms. The van der Waals surface area contributed by atoms with Crippen LogP contribution >= 0.6 is 0 Å². The van der Waals surface area contributed by atoms with Gasteiger partial charge in [0.1, 0.15) is 5.70 Å². The van der Waals surface area contributed by atoms with Crippen molar-refractivity contribution in [3.63, 3.8) is 0 Å². The smallest absolute Gasteiger partial charge is 0.282 e. The Bertz CT molecular complexity index is 1190. The van der Waals surface area contributed by atoms with Crippen LogP contribution in [0, 0.1) is 6.92 Å². The number of para-hydroxylation sites is 1. The van der Waals surface area contributed by atoms with Gasteiger partial charge in [-0.1, -0.05) is 36.4 Å². The monoisotopic (exact) mass is 414 g/mol. The Morgan fingerprint density at radius 1 is 0.774 bits per heavy atom. The van der Waals surface area contributed by atoms with Crippen molar-refractivity contribution in [2.75, 3.05) is 24.4 Å². The number of ether oxygens (including phenoxy) is 2. The fraction of sp³-hybridized carbons (Fsp3) is 0.120. The lowest BCUT2D eigenvalue weighted by Gasteiger charge is -2.16. The SMILES string of the molecule is COc1ccc(C2=C(Nc3ccccc3)C(=O)N(c3cccc(C)c3)C2=O)cc1OC. The van der Waals surface area contributed by atoms with E-state index in [2.05, 4.69) is 5.32 Å². The van der Waals surface area contributed by atoms with Gasteiger partial charge in [0.05, 0.1) is 25.5 Å². The molecule has 0 radical (unpaired) electrons. The van der Waals surface area contributed by atoms with Crippen LogP contribution in [0.4, 0.5) is 11.4 Å². The molecule has 0 aliphatic carbocycles. The molecule has 6 heteroatoms. The number of hydrogen-bond donors (Lipinski definition) is 1. The van der Waals surface area contributed by atoms with E-state index in [9.17, 15) is 9.59 Å². The van der Waals surface area contributed by atoms with Gasteiger partial charge in [0.15, 0.2) is 11.5 Å². The Labute approximate surface area is 180 Å². The average molecular weight is 414 g/mol. The predicted molar refractivity (Wildman–Crippen MR) is 120 cm³/mol. The van der Waals surface area contributed by atoms with Crippen LogP contribution in [-0.2, 0) is 9.59 Å². The molecule has 0 saturated carbocycles. The number of nitrogens with zero attached hydrogens (tertiary/aromatic N) is 1. The van der Waals surface area contributed by atoms with Crippen molar-refractivity contribution in [1.29, 1.82) is 0 Å². The molecule has 1 aliphatic heterocycles. The second-order valence-corrected chi connectivity index (χ2v) is 7.10. The molecule has 0 atom stereocenters. The van der Waals surface area contributed by atoms with Gasteiger partial charge in [0.25, 0.3) is 11.8 Å². The summed E-state index contributed by atoms with van der Waals surface area (Å²) in [6, 6.07) is 21.7. The summed E-state index contributed by atoms with van der Waals surface area (Å²) in [6.45, 7) is 1.92. The maximum atomic E-state index is 13.5. The number of rotatable bonds is 6. The van der Waals surface area contributed by atoms with Gasteiger partial charge >= 0.3 is 0 Å². The van der Waals surface area contributed by atoms with E-state index >= 15 is 0 Å². The molecular formula is C25H22N2O4. The number of carbonyl (C=O) groups is 2. The topological polar surface area (TPSA) is 67.9 Å². The summed E-state index contributed by atoms with van der Waals surface area (Å²) >= 11 is 0. The minimum absolute atomic E-state index is 0.213. The third kappa shape index (κ3) is 3.75. The van der Waals surface area contributed by atoms with Crippen LogP contribution < -0.4 is 19.7 Å². The Morgan fingerprint density at radius 3 is 2.19 bits per heavy atom. The molecule has 31 heavy (non-hydrogen) atoms. The molecule has 0 aromatic heterocycles. The summed E-state index contributed by atoms with van der Waals surface area (Å²) in [4.78, 5) is 28.1. The second kappa shape index (κ2) is 8.36. The third-order valence-electron chi connectivity index (χ3n) is 5.06. The Balaban J connectivity index is 1.85. The number of aryl methyl sites for hydroxylation is 1. The van der Waals surface area contributed by atoms with E-state index in [1.54, 1.807) is 31.4 Å². The van der Waals surface area contributed by atoms with Crippen LogP contribution in [0.25, 0.3) is 5.57 Å². The van der Waals surface area contributed by atoms with Gasteiger partial charge < -0.3 is 14.8 Å². The first-order chi connectivity index (χ1) is 15.0. The highest BCUT2D eigenvalue weighted by Gasteiger charge is 2.40. The van der Waals surface area contributed by atoms with E-state index in [1.165, 1.54) is 12.0 Å². The van der Waals surface area contributed by atoms with E-state index in [4.69, 9.17) is 9.47 Å². The third-order valence-corrected chi connectivity index (χ3v) is 5.06. The standard InChI is InChI=1S/C25H22N2O4/c1-16-8-7-11-19(14-16)27-24(28)22(17-12-13-20(30-2)21(15-17)31-3)23(25(27)29)26-18-9-5-4-6-10-18/h4-15,26H,1-3H3. The quantitative estimate of drug-likeness (QED) is 0.605. The minimum atomic E-state index is -0.413. The van der Waals surface area contributed by atoms with Crippen molar-refractivity contribution in [2.24, 2.45) is 0 Å². The van der Waals surface area contributed by atoms with Gasteiger partial charge in [-0.25, -0.2) is 4.90 Å². The van der Waals surface area contributed by atoms with E-state index in [-0.39, 0.29) is 11.3 Å². The van der Waals surface area contributed by atoms with Crippen molar-refractivity contribution < 1.29 is 19.1 Å². The number of carbonyl (C=O) groups excluding carboxylic acids is 2. The Morgan fingerprint density at radius 2 is 1.52 bits per heavy atom. The van der Waals surface area contributed by atoms with Crippen molar-refractivity contribution in [1.82, 2.24) is 0 Å². The van der Waals surface area contributed by atoms with Gasteiger partial charge in [-0.05, 0) is 54.4 Å². The van der Waals surface area contributed by atoms with E-state index < -0.39 is 11.8 Å². The summed E-state index contributed by atoms with van der Waals surface area (Å²) < 4.78 is 10.7. The van der Waals surface area contributed by atoms with Gasteiger partial charge in [-0.3, -0.25) is 9.59 Å². The van der Waals surface area contributed by atoms with Gasteiger partial charge in [0.2, 0.25) is 0 Å². The van der Waals surface area contributed by atoms with Crippen molar-refractivity contribution in [2.45, 2.75) is 6.92 Å². The molecule has 156 valence electrons. The van der Waals surface area contributed by atoms with Crippen LogP contribution in [0.15, 0.2) is 78.5 Å². The lowest BCUT2D eigenvalue weighted by molar-refractivity contribution is -0.120. The van der Waals surface area contributed by atoms with Crippen LogP contribution in [0.2, 0.25) is 0 Å². The zero-order valence-electron chi connectivity index (χ0n) is 17.5. The zero-order valence-corrected chi connectivity index (χ0v) is 17.5. The van der Waals surface area contributed by atoms with E-state index in [0.29, 0.717) is 28.4 Å². The molecule has 0 fully saturated rings. The molecule has 1 aliphatic rings. The zero-order chi connectivity index (χ0) is 22.0. The molecule has 1 heterocycles. The van der Waals surface area contributed by atoms with Crippen molar-refractivity contribution in [3.8, 4) is 11.5 Å². The minimum Gasteiger partial charge on any atom is -0.493 e. The van der Waals surface area contributed by atoms with E-state index in [1.807, 2.05) is 55.5 Å². The molecule has 1 N–H and O–H groups in total. The number of nitrogens with one attached hydrogen (secondary N) is 1. The molecule has 4 rings (SSSR count). The largest absolute Gasteiger partial charge is 0.493 e. The number of methoxy groups -OCH3 is 2. The van der Waals surface area contributed by atoms with Gasteiger partial charge in [-0.15, -0.1) is 0 Å². The highest BCUT2D eigenvalue weighted by molar-refractivity contribution is 6.46. The maximum Gasteiger partial charge on any atom is 0.282 e. The highest BCUT2D eigenvalue weighted by Crippen LogP contribution is 2.37. The fourth-order valence-electron chi connectivity index (χ4n) is 3.57. The normalized spacial score (nSPS) is 13.6. The lowest BCUT2D eigenvalue weighted by atomic mass is 10.0. The summed E-state index contributed by atoms with van der Waals surface area (Å²) in [5, 5.41) is 3.15. The Kier molecular flexibility index (Phi) is 5.45. The molecule has 3 aromatic rings. The first kappa shape index (κ1) is 20.2. The molecule has 0 unspecified atom stereocenters. The molecule has 0 saturated heterocycles. The van der Waals surface area contributed by atoms with Gasteiger partial charge in [-0.2, -0.15) is 0 Å². The van der Waals surface area contributed by atoms with Crippen LogP contribution in [0.1, 0.15) is 11.1 Å². The van der Waals surface area contributed by atoms with Crippen LogP contribution in [0.5, 0.6) is 11.5 Å². The first-order valence-corrected chi connectivity index (χ1v) is 9.77. The molecule has 6 nitrogen and oxygen atoms in total. The molecule has 2 amide bonds. The second-order valence-electron chi connectivity index (χ2n) is 7.10. The van der Waals surface area contributed by atoms with Crippen molar-refractivity contribution >= 4 is 28.8 Å². The number of imide groups is 1. The summed E-state index contributed by atoms with van der Waals surface area (Å²) in [5.74, 6) is 0.197. The highest BCUT2D eigenvalue weighted by atomic mass is 16.5. The summed E-state index contributed by atoms with van der Waals surface area (Å²) in [7, 11) is 3.07. The van der Waals surface area contributed by atoms with E-state index in [0.717, 1.165) is 5.56 Å². The number of benzene rings is 3. The number of amides is 2. The molecular weight excluding hydrogens is 392 g/mol. The molecule has 0 spiro atoms. The van der Waals surface area contributed by atoms with Gasteiger partial charge in [0, 0.05) is 5.69 Å². The number of anilines is 2. The Hall–Kier alpha value is -4.06. The van der Waals surface area contributed by atoms with Crippen molar-refractivity contribution in [3.05, 3.63) is 89.6 Å². The predicted octanol–water partition coefficient (Wildman–Crippen LogP) is 4.41. The fourth-order valence-corrected chi connectivity index (χ4v) is 3.57. The average Bonchev–Trinajstić information content (AvgIpc) is 3.03. The summed E-state index contributed by atoms with van der Waals surface area (Å²) in [6.07, 6.45) is 0. The first-order valence-electron chi connectivity index (χ1n) is 9.77. The number of hydrogen-bond acceptors (Lipinski definition) is 5.